The first-order valence-electron chi connectivity index (χ1n) is 10.3. The van der Waals surface area contributed by atoms with Crippen LogP contribution < -0.4 is 16.2 Å². The van der Waals surface area contributed by atoms with Crippen LogP contribution in [0.4, 0.5) is 10.5 Å². The molecule has 0 spiro atoms. The highest BCUT2D eigenvalue weighted by Gasteiger charge is 2.47. The molecule has 1 fully saturated rings. The molecule has 1 atom stereocenters. The summed E-state index contributed by atoms with van der Waals surface area (Å²) in [5.74, 6) is -0.658. The van der Waals surface area contributed by atoms with Crippen LogP contribution in [0.25, 0.3) is 5.69 Å². The van der Waals surface area contributed by atoms with E-state index >= 15 is 0 Å². The van der Waals surface area contributed by atoms with E-state index in [1.165, 1.54) is 4.68 Å². The topological polar surface area (TPSA) is 105 Å². The minimum absolute atomic E-state index is 0.117. The Bertz CT molecular complexity index is 1070. The first kappa shape index (κ1) is 22.3. The number of carbonyl (C=O) groups excluding carboxylic acids is 3. The lowest BCUT2D eigenvalue weighted by Gasteiger charge is -2.22. The Balaban J connectivity index is 1.77. The molecule has 9 heteroatoms. The van der Waals surface area contributed by atoms with Crippen LogP contribution in [-0.2, 0) is 16.6 Å². The van der Waals surface area contributed by atoms with Crippen LogP contribution in [0.5, 0.6) is 0 Å². The second kappa shape index (κ2) is 8.41. The van der Waals surface area contributed by atoms with Crippen molar-refractivity contribution in [3.63, 3.8) is 0 Å². The Morgan fingerprint density at radius 1 is 1.16 bits per heavy atom. The Morgan fingerprint density at radius 2 is 1.81 bits per heavy atom. The average molecular weight is 428 g/mol. The minimum atomic E-state index is -1.02. The van der Waals surface area contributed by atoms with Gasteiger partial charge in [-0.3, -0.25) is 24.0 Å². The van der Waals surface area contributed by atoms with Crippen molar-refractivity contribution >= 4 is 23.5 Å². The fourth-order valence-corrected chi connectivity index (χ4v) is 3.67. The van der Waals surface area contributed by atoms with Gasteiger partial charge in [0.15, 0.2) is 0 Å². The normalized spacial score (nSPS) is 18.6. The number of hydrogen-bond donors (Lipinski definition) is 2. The summed E-state index contributed by atoms with van der Waals surface area (Å²) >= 11 is 0. The van der Waals surface area contributed by atoms with E-state index in [9.17, 15) is 19.2 Å². The van der Waals surface area contributed by atoms with Crippen LogP contribution in [0.3, 0.4) is 0 Å². The maximum atomic E-state index is 12.9. The molecule has 0 bridgehead atoms. The van der Waals surface area contributed by atoms with E-state index in [0.29, 0.717) is 23.7 Å². The molecule has 9 nitrogen and oxygen atoms in total. The Hall–Kier alpha value is -3.36. The van der Waals surface area contributed by atoms with Gasteiger partial charge in [0.25, 0.3) is 11.5 Å². The van der Waals surface area contributed by atoms with Gasteiger partial charge in [-0.05, 0) is 44.7 Å². The number of carbonyl (C=O) groups is 3. The molecule has 1 aromatic heterocycles. The van der Waals surface area contributed by atoms with Gasteiger partial charge in [-0.1, -0.05) is 32.0 Å². The van der Waals surface area contributed by atoms with Crippen LogP contribution in [0, 0.1) is 12.8 Å². The summed E-state index contributed by atoms with van der Waals surface area (Å²) in [7, 11) is 1.72. The number of para-hydroxylation sites is 1. The van der Waals surface area contributed by atoms with E-state index in [1.807, 2.05) is 32.0 Å². The van der Waals surface area contributed by atoms with E-state index in [1.54, 1.807) is 37.7 Å². The van der Waals surface area contributed by atoms with Gasteiger partial charge in [0.05, 0.1) is 11.4 Å². The van der Waals surface area contributed by atoms with Crippen LogP contribution in [0.1, 0.15) is 39.3 Å². The van der Waals surface area contributed by atoms with Crippen molar-refractivity contribution in [3.8, 4) is 5.69 Å². The molecule has 1 aliphatic heterocycles. The van der Waals surface area contributed by atoms with Crippen LogP contribution in [0.2, 0.25) is 0 Å². The lowest BCUT2D eigenvalue weighted by molar-refractivity contribution is -0.133. The highest BCUT2D eigenvalue weighted by Crippen LogP contribution is 2.24. The molecular formula is C22H29N5O4. The first-order valence-corrected chi connectivity index (χ1v) is 10.3. The third-order valence-corrected chi connectivity index (χ3v) is 5.69. The molecule has 1 aromatic carbocycles. The lowest BCUT2D eigenvalue weighted by atomic mass is 9.92. The highest BCUT2D eigenvalue weighted by molar-refractivity contribution is 6.09. The largest absolute Gasteiger partial charge is 0.325 e. The van der Waals surface area contributed by atoms with Crippen molar-refractivity contribution < 1.29 is 14.4 Å². The zero-order valence-electron chi connectivity index (χ0n) is 18.6. The summed E-state index contributed by atoms with van der Waals surface area (Å²) in [5, 5.41) is 5.29. The smallest absolute Gasteiger partial charge is 0.323 e. The molecule has 2 aromatic rings. The van der Waals surface area contributed by atoms with Crippen molar-refractivity contribution in [3.05, 3.63) is 46.4 Å². The van der Waals surface area contributed by atoms with E-state index in [4.69, 9.17) is 0 Å². The van der Waals surface area contributed by atoms with E-state index in [0.717, 1.165) is 11.3 Å². The summed E-state index contributed by atoms with van der Waals surface area (Å²) in [6.07, 6.45) is 1.26. The van der Waals surface area contributed by atoms with Crippen molar-refractivity contribution in [2.24, 2.45) is 13.0 Å². The summed E-state index contributed by atoms with van der Waals surface area (Å²) in [5.41, 5.74) is -0.0797. The Kier molecular flexibility index (Phi) is 6.06. The standard InChI is InChI=1S/C22H29N5O4/c1-14(2)11-12-22(4)20(30)26(21(31)24-22)13-17(28)23-18-15(3)25(5)27(19(18)29)16-9-7-6-8-10-16/h6-10,14H,11-13H2,1-5H3,(H,23,28)(H,24,31)/t22-/m1/s1. The van der Waals surface area contributed by atoms with Gasteiger partial charge in [0.2, 0.25) is 5.91 Å². The van der Waals surface area contributed by atoms with E-state index in [-0.39, 0.29) is 5.69 Å². The molecule has 0 aliphatic carbocycles. The van der Waals surface area contributed by atoms with Crippen molar-refractivity contribution in [2.45, 2.75) is 46.1 Å². The number of nitrogens with zero attached hydrogens (tertiary/aromatic N) is 3. The molecule has 2 N–H and O–H groups in total. The van der Waals surface area contributed by atoms with Gasteiger partial charge in [-0.15, -0.1) is 0 Å². The van der Waals surface area contributed by atoms with Gasteiger partial charge in [0, 0.05) is 7.05 Å². The van der Waals surface area contributed by atoms with Gasteiger partial charge in [-0.2, -0.15) is 0 Å². The molecule has 166 valence electrons. The van der Waals surface area contributed by atoms with Crippen LogP contribution >= 0.6 is 0 Å². The molecule has 1 saturated heterocycles. The second-order valence-electron chi connectivity index (χ2n) is 8.57. The van der Waals surface area contributed by atoms with Crippen LogP contribution in [0.15, 0.2) is 35.1 Å². The number of aromatic nitrogens is 2. The predicted octanol–water partition coefficient (Wildman–Crippen LogP) is 2.17. The summed E-state index contributed by atoms with van der Waals surface area (Å²) in [4.78, 5) is 51.7. The van der Waals surface area contributed by atoms with Gasteiger partial charge >= 0.3 is 6.03 Å². The first-order chi connectivity index (χ1) is 14.5. The van der Waals surface area contributed by atoms with Gasteiger partial charge in [0.1, 0.15) is 17.8 Å². The summed E-state index contributed by atoms with van der Waals surface area (Å²) in [6.45, 7) is 7.02. The highest BCUT2D eigenvalue weighted by atomic mass is 16.2. The number of nitrogens with one attached hydrogen (secondary N) is 2. The van der Waals surface area contributed by atoms with Crippen molar-refractivity contribution in [2.75, 3.05) is 11.9 Å². The number of amides is 4. The van der Waals surface area contributed by atoms with Gasteiger partial charge in [-0.25, -0.2) is 9.48 Å². The van der Waals surface area contributed by atoms with Crippen LogP contribution in [-0.4, -0.2) is 44.2 Å². The monoisotopic (exact) mass is 427 g/mol. The molecule has 31 heavy (non-hydrogen) atoms. The zero-order chi connectivity index (χ0) is 22.9. The molecule has 4 amide bonds. The average Bonchev–Trinajstić information content (AvgIpc) is 3.06. The number of benzene rings is 1. The SMILES string of the molecule is Cc1c(NC(=O)CN2C(=O)N[C@](C)(CCC(C)C)C2=O)c(=O)n(-c2ccccc2)n1C. The Labute approximate surface area is 181 Å². The third kappa shape index (κ3) is 4.26. The molecule has 0 unspecified atom stereocenters. The second-order valence-corrected chi connectivity index (χ2v) is 8.57. The maximum Gasteiger partial charge on any atom is 0.325 e. The number of anilines is 1. The Morgan fingerprint density at radius 3 is 2.42 bits per heavy atom. The summed E-state index contributed by atoms with van der Waals surface area (Å²) < 4.78 is 3.09. The quantitative estimate of drug-likeness (QED) is 0.661. The van der Waals surface area contributed by atoms with E-state index < -0.39 is 35.5 Å². The number of urea groups is 1. The number of rotatable bonds is 7. The molecule has 1 aliphatic rings. The zero-order valence-corrected chi connectivity index (χ0v) is 18.6. The number of imide groups is 1. The minimum Gasteiger partial charge on any atom is -0.323 e. The van der Waals surface area contributed by atoms with Crippen molar-refractivity contribution in [1.82, 2.24) is 19.6 Å². The van der Waals surface area contributed by atoms with Crippen molar-refractivity contribution in [1.29, 1.82) is 0 Å². The van der Waals surface area contributed by atoms with E-state index in [2.05, 4.69) is 10.6 Å². The maximum absolute atomic E-state index is 12.9. The molecule has 3 rings (SSSR count). The third-order valence-electron chi connectivity index (χ3n) is 5.69. The molecule has 2 heterocycles. The fraction of sp³-hybridized carbons (Fsp3) is 0.455. The molecule has 0 radical (unpaired) electrons. The fourth-order valence-electron chi connectivity index (χ4n) is 3.67. The number of hydrogen-bond acceptors (Lipinski definition) is 4. The molecule has 0 saturated carbocycles. The predicted molar refractivity (Wildman–Crippen MR) is 117 cm³/mol. The lowest BCUT2D eigenvalue weighted by Crippen LogP contribution is -2.44. The van der Waals surface area contributed by atoms with Gasteiger partial charge < -0.3 is 10.6 Å². The molecular weight excluding hydrogens is 398 g/mol. The summed E-state index contributed by atoms with van der Waals surface area (Å²) in [6, 6.07) is 8.46.